The van der Waals surface area contributed by atoms with Gasteiger partial charge < -0.3 is 9.94 Å². The number of rotatable bonds is 5. The Labute approximate surface area is 129 Å². The van der Waals surface area contributed by atoms with Gasteiger partial charge in [-0.25, -0.2) is 4.79 Å². The number of aryl methyl sites for hydroxylation is 1. The zero-order valence-electron chi connectivity index (χ0n) is 12.5. The molecule has 0 heterocycles. The molecule has 0 aliphatic rings. The van der Waals surface area contributed by atoms with E-state index < -0.39 is 5.97 Å². The number of benzene rings is 2. The highest BCUT2D eigenvalue weighted by molar-refractivity contribution is 6.10. The van der Waals surface area contributed by atoms with Crippen LogP contribution in [0.4, 0.5) is 0 Å². The molecule has 0 saturated carbocycles. The molecule has 0 spiro atoms. The van der Waals surface area contributed by atoms with E-state index >= 15 is 0 Å². The number of hydrogen-bond acceptors (Lipinski definition) is 3. The molecule has 2 aromatic rings. The molecule has 0 aliphatic carbocycles. The Hall–Kier alpha value is -2.88. The van der Waals surface area contributed by atoms with Crippen molar-refractivity contribution >= 4 is 17.8 Å². The lowest BCUT2D eigenvalue weighted by Gasteiger charge is -2.02. The Balaban J connectivity index is 2.28. The van der Waals surface area contributed by atoms with E-state index in [0.29, 0.717) is 5.71 Å². The topological polar surface area (TPSA) is 58.9 Å². The zero-order chi connectivity index (χ0) is 15.9. The average molecular weight is 295 g/mol. The average Bonchev–Trinajstić information content (AvgIpc) is 2.52. The highest BCUT2D eigenvalue weighted by Crippen LogP contribution is 2.10. The van der Waals surface area contributed by atoms with Gasteiger partial charge in [-0.3, -0.25) is 0 Å². The second-order valence-corrected chi connectivity index (χ2v) is 4.79. The van der Waals surface area contributed by atoms with Crippen molar-refractivity contribution in [3.05, 3.63) is 76.9 Å². The zero-order valence-corrected chi connectivity index (χ0v) is 12.5. The molecule has 1 N–H and O–H groups in total. The summed E-state index contributed by atoms with van der Waals surface area (Å²) in [6.07, 6.45) is 3.61. The van der Waals surface area contributed by atoms with Gasteiger partial charge in [-0.15, -0.1) is 0 Å². The predicted octanol–water partition coefficient (Wildman–Crippen LogP) is 3.76. The molecule has 0 aromatic heterocycles. The molecule has 2 rings (SSSR count). The number of carboxylic acids is 1. The Kier molecular flexibility index (Phi) is 5.09. The van der Waals surface area contributed by atoms with Crippen molar-refractivity contribution in [3.8, 4) is 0 Å². The smallest absolute Gasteiger partial charge is 0.335 e. The molecule has 4 nitrogen and oxygen atoms in total. The van der Waals surface area contributed by atoms with E-state index in [9.17, 15) is 4.79 Å². The molecule has 0 saturated heterocycles. The molecular formula is C18H17NO3. The van der Waals surface area contributed by atoms with Gasteiger partial charge in [0.05, 0.1) is 5.56 Å². The fourth-order valence-corrected chi connectivity index (χ4v) is 1.95. The van der Waals surface area contributed by atoms with Crippen LogP contribution in [0.1, 0.15) is 27.0 Å². The van der Waals surface area contributed by atoms with Gasteiger partial charge in [-0.2, -0.15) is 0 Å². The fraction of sp³-hybridized carbons (Fsp3) is 0.111. The van der Waals surface area contributed by atoms with Crippen molar-refractivity contribution in [2.24, 2.45) is 5.16 Å². The summed E-state index contributed by atoms with van der Waals surface area (Å²) in [6.45, 7) is 2.02. The maximum absolute atomic E-state index is 11.0. The molecule has 112 valence electrons. The quantitative estimate of drug-likeness (QED) is 0.675. The molecule has 2 aromatic carbocycles. The highest BCUT2D eigenvalue weighted by atomic mass is 16.6. The van der Waals surface area contributed by atoms with Crippen molar-refractivity contribution in [2.75, 3.05) is 7.11 Å². The summed E-state index contributed by atoms with van der Waals surface area (Å²) in [6, 6.07) is 14.6. The predicted molar refractivity (Wildman–Crippen MR) is 87.2 cm³/mol. The number of hydrogen-bond donors (Lipinski definition) is 1. The highest BCUT2D eigenvalue weighted by Gasteiger charge is 2.03. The molecule has 0 unspecified atom stereocenters. The summed E-state index contributed by atoms with van der Waals surface area (Å²) in [5.41, 5.74) is 3.80. The largest absolute Gasteiger partial charge is 0.478 e. The normalized spacial score (nSPS) is 11.6. The first-order chi connectivity index (χ1) is 10.6. The third-order valence-corrected chi connectivity index (χ3v) is 3.10. The van der Waals surface area contributed by atoms with Crippen LogP contribution in [0.25, 0.3) is 6.08 Å². The minimum absolute atomic E-state index is 0.253. The number of oxime groups is 1. The number of carbonyl (C=O) groups is 1. The van der Waals surface area contributed by atoms with Crippen LogP contribution in [-0.4, -0.2) is 23.9 Å². The van der Waals surface area contributed by atoms with Gasteiger partial charge >= 0.3 is 5.97 Å². The summed E-state index contributed by atoms with van der Waals surface area (Å²) < 4.78 is 0. The summed E-state index contributed by atoms with van der Waals surface area (Å²) in [4.78, 5) is 15.9. The fourth-order valence-electron chi connectivity index (χ4n) is 1.95. The SMILES string of the molecule is CO/N=C(\C=C\c1cccc(C(=O)O)c1)c1ccc(C)cc1. The van der Waals surface area contributed by atoms with E-state index in [0.717, 1.165) is 11.1 Å². The monoisotopic (exact) mass is 295 g/mol. The van der Waals surface area contributed by atoms with Crippen LogP contribution in [0.2, 0.25) is 0 Å². The van der Waals surface area contributed by atoms with Crippen LogP contribution in [-0.2, 0) is 4.84 Å². The molecule has 0 atom stereocenters. The van der Waals surface area contributed by atoms with Crippen LogP contribution in [0.5, 0.6) is 0 Å². The van der Waals surface area contributed by atoms with Crippen molar-refractivity contribution in [1.82, 2.24) is 0 Å². The van der Waals surface area contributed by atoms with E-state index in [4.69, 9.17) is 9.94 Å². The van der Waals surface area contributed by atoms with E-state index in [1.165, 1.54) is 12.7 Å². The Morgan fingerprint density at radius 1 is 1.14 bits per heavy atom. The molecule has 4 heteroatoms. The van der Waals surface area contributed by atoms with E-state index in [-0.39, 0.29) is 5.56 Å². The standard InChI is InChI=1S/C18H17NO3/c1-13-6-9-15(10-7-13)17(19-22-2)11-8-14-4-3-5-16(12-14)18(20)21/h3-12H,1-2H3,(H,20,21)/b11-8+,19-17+. The van der Waals surface area contributed by atoms with Gasteiger partial charge in [0.1, 0.15) is 12.8 Å². The first-order valence-corrected chi connectivity index (χ1v) is 6.80. The van der Waals surface area contributed by atoms with E-state index in [2.05, 4.69) is 5.16 Å². The second kappa shape index (κ2) is 7.22. The van der Waals surface area contributed by atoms with Gasteiger partial charge in [-0.1, -0.05) is 53.2 Å². The van der Waals surface area contributed by atoms with Crippen LogP contribution in [0, 0.1) is 6.92 Å². The molecule has 0 amide bonds. The number of nitrogens with zero attached hydrogens (tertiary/aromatic N) is 1. The van der Waals surface area contributed by atoms with Gasteiger partial charge in [0.25, 0.3) is 0 Å². The van der Waals surface area contributed by atoms with Crippen LogP contribution in [0.3, 0.4) is 0 Å². The maximum atomic E-state index is 11.0. The first kappa shape index (κ1) is 15.5. The second-order valence-electron chi connectivity index (χ2n) is 4.79. The molecule has 0 aliphatic heterocycles. The summed E-state index contributed by atoms with van der Waals surface area (Å²) in [5, 5.41) is 13.0. The van der Waals surface area contributed by atoms with Crippen molar-refractivity contribution in [1.29, 1.82) is 0 Å². The van der Waals surface area contributed by atoms with E-state index in [1.807, 2.05) is 43.3 Å². The first-order valence-electron chi connectivity index (χ1n) is 6.80. The number of allylic oxidation sites excluding steroid dienone is 1. The van der Waals surface area contributed by atoms with Crippen LogP contribution >= 0.6 is 0 Å². The van der Waals surface area contributed by atoms with Crippen molar-refractivity contribution in [3.63, 3.8) is 0 Å². The third-order valence-electron chi connectivity index (χ3n) is 3.10. The maximum Gasteiger partial charge on any atom is 0.335 e. The molecule has 0 fully saturated rings. The Morgan fingerprint density at radius 3 is 2.50 bits per heavy atom. The van der Waals surface area contributed by atoms with Crippen molar-refractivity contribution < 1.29 is 14.7 Å². The Bertz CT molecular complexity index is 715. The lowest BCUT2D eigenvalue weighted by Crippen LogP contribution is -1.98. The number of carboxylic acid groups (broad SMARTS) is 1. The van der Waals surface area contributed by atoms with Gasteiger partial charge in [0.2, 0.25) is 0 Å². The third kappa shape index (κ3) is 4.06. The lowest BCUT2D eigenvalue weighted by molar-refractivity contribution is 0.0697. The van der Waals surface area contributed by atoms with Crippen molar-refractivity contribution in [2.45, 2.75) is 6.92 Å². The molecule has 22 heavy (non-hydrogen) atoms. The number of aromatic carboxylic acids is 1. The van der Waals surface area contributed by atoms with Gasteiger partial charge in [0.15, 0.2) is 0 Å². The van der Waals surface area contributed by atoms with Crippen LogP contribution < -0.4 is 0 Å². The molecule has 0 bridgehead atoms. The van der Waals surface area contributed by atoms with Crippen LogP contribution in [0.15, 0.2) is 59.8 Å². The van der Waals surface area contributed by atoms with Gasteiger partial charge in [-0.05, 0) is 30.7 Å². The molecular weight excluding hydrogens is 278 g/mol. The summed E-state index contributed by atoms with van der Waals surface area (Å²) in [7, 11) is 1.49. The Morgan fingerprint density at radius 2 is 1.86 bits per heavy atom. The summed E-state index contributed by atoms with van der Waals surface area (Å²) in [5.74, 6) is -0.945. The van der Waals surface area contributed by atoms with E-state index in [1.54, 1.807) is 24.3 Å². The van der Waals surface area contributed by atoms with Gasteiger partial charge in [0, 0.05) is 5.56 Å². The minimum Gasteiger partial charge on any atom is -0.478 e. The summed E-state index contributed by atoms with van der Waals surface area (Å²) >= 11 is 0. The lowest BCUT2D eigenvalue weighted by atomic mass is 10.1. The molecule has 0 radical (unpaired) electrons. The minimum atomic E-state index is -0.945.